The second-order valence-electron chi connectivity index (χ2n) is 9.58. The number of piperidine rings is 1. The zero-order valence-corrected chi connectivity index (χ0v) is 21.2. The van der Waals surface area contributed by atoms with Crippen LogP contribution in [0.25, 0.3) is 0 Å². The first-order valence-corrected chi connectivity index (χ1v) is 12.7. The largest absolute Gasteiger partial charge is 0.492 e. The Hall–Kier alpha value is -2.73. The van der Waals surface area contributed by atoms with Gasteiger partial charge in [-0.05, 0) is 88.7 Å². The van der Waals surface area contributed by atoms with Crippen molar-refractivity contribution < 1.29 is 14.3 Å². The van der Waals surface area contributed by atoms with Gasteiger partial charge >= 0.3 is 5.97 Å². The zero-order valence-electron chi connectivity index (χ0n) is 21.2. The summed E-state index contributed by atoms with van der Waals surface area (Å²) in [5.74, 6) is 0.722. The Kier molecular flexibility index (Phi) is 7.67. The maximum absolute atomic E-state index is 11.7. The molecule has 0 aromatic heterocycles. The number of carbonyl (C=O) groups is 1. The average molecular weight is 466 g/mol. The fraction of sp³-hybridized carbons (Fsp3) is 0.536. The summed E-state index contributed by atoms with van der Waals surface area (Å²) in [6.45, 7) is 14.5. The lowest BCUT2D eigenvalue weighted by Crippen LogP contribution is -2.60. The van der Waals surface area contributed by atoms with Gasteiger partial charge in [-0.15, -0.1) is 0 Å². The molecule has 34 heavy (non-hydrogen) atoms. The Bertz CT molecular complexity index is 955. The molecule has 0 saturated carbocycles. The van der Waals surface area contributed by atoms with E-state index < -0.39 is 0 Å². The third-order valence-corrected chi connectivity index (χ3v) is 7.46. The summed E-state index contributed by atoms with van der Waals surface area (Å²) >= 11 is 0. The van der Waals surface area contributed by atoms with Gasteiger partial charge in [-0.25, -0.2) is 4.79 Å². The number of hydrogen-bond acceptors (Lipinski definition) is 6. The first-order chi connectivity index (χ1) is 16.5. The quantitative estimate of drug-likeness (QED) is 0.495. The van der Waals surface area contributed by atoms with Crippen LogP contribution in [0.15, 0.2) is 42.5 Å². The normalized spacial score (nSPS) is 17.4. The van der Waals surface area contributed by atoms with Gasteiger partial charge in [0, 0.05) is 43.8 Å². The summed E-state index contributed by atoms with van der Waals surface area (Å²) in [4.78, 5) is 19.0. The second kappa shape index (κ2) is 10.7. The van der Waals surface area contributed by atoms with Gasteiger partial charge < -0.3 is 19.3 Å². The number of anilines is 2. The van der Waals surface area contributed by atoms with Gasteiger partial charge in [0.25, 0.3) is 0 Å². The van der Waals surface area contributed by atoms with E-state index in [0.717, 1.165) is 51.6 Å². The summed E-state index contributed by atoms with van der Waals surface area (Å²) in [5.41, 5.74) is 4.75. The fourth-order valence-corrected chi connectivity index (χ4v) is 5.39. The molecule has 2 aliphatic rings. The number of benzene rings is 2. The van der Waals surface area contributed by atoms with Gasteiger partial charge in [-0.1, -0.05) is 6.07 Å². The van der Waals surface area contributed by atoms with E-state index in [1.54, 1.807) is 0 Å². The summed E-state index contributed by atoms with van der Waals surface area (Å²) in [5, 5.41) is 0. The average Bonchev–Trinajstić information content (AvgIpc) is 2.85. The molecule has 0 unspecified atom stereocenters. The number of carbonyl (C=O) groups excluding carboxylic acids is 1. The molecular weight excluding hydrogens is 426 g/mol. The van der Waals surface area contributed by atoms with Crippen molar-refractivity contribution >= 4 is 17.3 Å². The van der Waals surface area contributed by atoms with Gasteiger partial charge in [0.1, 0.15) is 5.75 Å². The molecule has 1 spiro atoms. The van der Waals surface area contributed by atoms with Crippen LogP contribution in [-0.4, -0.2) is 63.9 Å². The van der Waals surface area contributed by atoms with Crippen molar-refractivity contribution in [3.8, 4) is 5.75 Å². The molecule has 2 aromatic rings. The van der Waals surface area contributed by atoms with Crippen LogP contribution < -0.4 is 14.5 Å². The van der Waals surface area contributed by atoms with E-state index in [0.29, 0.717) is 17.6 Å². The minimum atomic E-state index is -0.282. The maximum Gasteiger partial charge on any atom is 0.337 e. The lowest BCUT2D eigenvalue weighted by Gasteiger charge is -2.55. The zero-order chi connectivity index (χ0) is 24.1. The molecule has 0 bridgehead atoms. The Balaban J connectivity index is 1.31. The van der Waals surface area contributed by atoms with Gasteiger partial charge in [0.2, 0.25) is 0 Å². The van der Waals surface area contributed by atoms with Crippen LogP contribution >= 0.6 is 0 Å². The van der Waals surface area contributed by atoms with Crippen LogP contribution in [0.1, 0.15) is 49.5 Å². The molecule has 6 heteroatoms. The summed E-state index contributed by atoms with van der Waals surface area (Å²) in [7, 11) is 1.42. The van der Waals surface area contributed by atoms with Gasteiger partial charge in [-0.3, -0.25) is 4.90 Å². The van der Waals surface area contributed by atoms with E-state index in [1.807, 2.05) is 24.3 Å². The lowest BCUT2D eigenvalue weighted by molar-refractivity contribution is 0.0600. The van der Waals surface area contributed by atoms with Crippen LogP contribution in [0.4, 0.5) is 11.4 Å². The number of ether oxygens (including phenoxy) is 2. The molecule has 2 saturated heterocycles. The van der Waals surface area contributed by atoms with Crippen LogP contribution in [-0.2, 0) is 11.3 Å². The molecule has 2 fully saturated rings. The number of esters is 1. The number of hydrogen-bond donors (Lipinski definition) is 0. The SMILES string of the molecule is CCOc1cc(CN2CCC3(CC2)CN(c2ccc(C(=O)OC)cc2)C3)ccc1N(CC)CC. The Labute approximate surface area is 204 Å². The molecule has 0 aliphatic carbocycles. The first-order valence-electron chi connectivity index (χ1n) is 12.7. The molecule has 2 heterocycles. The summed E-state index contributed by atoms with van der Waals surface area (Å²) in [6, 6.07) is 14.5. The van der Waals surface area contributed by atoms with Crippen LogP contribution in [0.3, 0.4) is 0 Å². The Morgan fingerprint density at radius 1 is 1.00 bits per heavy atom. The van der Waals surface area contributed by atoms with E-state index in [2.05, 4.69) is 53.7 Å². The number of methoxy groups -OCH3 is 1. The minimum Gasteiger partial charge on any atom is -0.492 e. The first kappa shape index (κ1) is 24.4. The van der Waals surface area contributed by atoms with Crippen molar-refractivity contribution in [3.05, 3.63) is 53.6 Å². The van der Waals surface area contributed by atoms with Gasteiger partial charge in [0.05, 0.1) is 25.0 Å². The van der Waals surface area contributed by atoms with Crippen molar-refractivity contribution in [1.29, 1.82) is 0 Å². The molecule has 184 valence electrons. The highest BCUT2D eigenvalue weighted by atomic mass is 16.5. The van der Waals surface area contributed by atoms with Crippen molar-refractivity contribution in [2.75, 3.05) is 62.8 Å². The molecule has 2 aromatic carbocycles. The monoisotopic (exact) mass is 465 g/mol. The Morgan fingerprint density at radius 3 is 2.26 bits per heavy atom. The summed E-state index contributed by atoms with van der Waals surface area (Å²) in [6.07, 6.45) is 2.47. The van der Waals surface area contributed by atoms with E-state index in [1.165, 1.54) is 36.9 Å². The lowest BCUT2D eigenvalue weighted by atomic mass is 9.71. The third-order valence-electron chi connectivity index (χ3n) is 7.46. The molecular formula is C28H39N3O3. The third kappa shape index (κ3) is 5.17. The molecule has 2 aliphatic heterocycles. The molecule has 0 amide bonds. The highest BCUT2D eigenvalue weighted by Crippen LogP contribution is 2.43. The standard InChI is InChI=1S/C28H39N3O3/c1-5-30(6-2)25-13-8-22(18-26(25)34-7-3)19-29-16-14-28(15-17-29)20-31(21-28)24-11-9-23(10-12-24)27(32)33-4/h8-13,18H,5-7,14-17,19-21H2,1-4H3. The molecule has 0 N–H and O–H groups in total. The minimum absolute atomic E-state index is 0.282. The smallest absolute Gasteiger partial charge is 0.337 e. The number of rotatable bonds is 9. The number of nitrogens with zero attached hydrogens (tertiary/aromatic N) is 3. The molecule has 4 rings (SSSR count). The van der Waals surface area contributed by atoms with Crippen molar-refractivity contribution in [2.24, 2.45) is 5.41 Å². The molecule has 0 atom stereocenters. The molecule has 0 radical (unpaired) electrons. The van der Waals surface area contributed by atoms with Gasteiger partial charge in [0.15, 0.2) is 0 Å². The van der Waals surface area contributed by atoms with Crippen LogP contribution in [0.2, 0.25) is 0 Å². The van der Waals surface area contributed by atoms with E-state index >= 15 is 0 Å². The molecule has 6 nitrogen and oxygen atoms in total. The van der Waals surface area contributed by atoms with E-state index in [-0.39, 0.29) is 5.97 Å². The second-order valence-corrected chi connectivity index (χ2v) is 9.58. The predicted octanol–water partition coefficient (Wildman–Crippen LogP) is 4.82. The van der Waals surface area contributed by atoms with Crippen molar-refractivity contribution in [1.82, 2.24) is 4.90 Å². The highest BCUT2D eigenvalue weighted by molar-refractivity contribution is 5.89. The number of likely N-dealkylation sites (tertiary alicyclic amines) is 1. The van der Waals surface area contributed by atoms with E-state index in [4.69, 9.17) is 9.47 Å². The van der Waals surface area contributed by atoms with Crippen LogP contribution in [0, 0.1) is 5.41 Å². The van der Waals surface area contributed by atoms with Gasteiger partial charge in [-0.2, -0.15) is 0 Å². The summed E-state index contributed by atoms with van der Waals surface area (Å²) < 4.78 is 10.8. The van der Waals surface area contributed by atoms with E-state index in [9.17, 15) is 4.79 Å². The predicted molar refractivity (Wildman–Crippen MR) is 138 cm³/mol. The van der Waals surface area contributed by atoms with Crippen LogP contribution in [0.5, 0.6) is 5.75 Å². The Morgan fingerprint density at radius 2 is 1.68 bits per heavy atom. The van der Waals surface area contributed by atoms with Crippen molar-refractivity contribution in [2.45, 2.75) is 40.2 Å². The maximum atomic E-state index is 11.7. The fourth-order valence-electron chi connectivity index (χ4n) is 5.39. The topological polar surface area (TPSA) is 45.3 Å². The van der Waals surface area contributed by atoms with Crippen molar-refractivity contribution in [3.63, 3.8) is 0 Å². The highest BCUT2D eigenvalue weighted by Gasteiger charge is 2.44.